The van der Waals surface area contributed by atoms with E-state index >= 15 is 0 Å². The van der Waals surface area contributed by atoms with Crippen molar-refractivity contribution in [2.24, 2.45) is 0 Å². The standard InChI is InChI=1S/C22H24ClNO4/c1-15-14-18(11-12-19(15)23)27-13-5-8-20(25)28-21(16-6-3-2-4-7-16)22(26)24-17-9-10-17/h2-4,6-7,11-12,14,17,21H,5,8-10,13H2,1H3,(H,24,26)/t21-/m1/s1. The Bertz CT molecular complexity index is 821. The van der Waals surface area contributed by atoms with E-state index in [2.05, 4.69) is 5.32 Å². The molecule has 28 heavy (non-hydrogen) atoms. The van der Waals surface area contributed by atoms with Gasteiger partial charge in [0.2, 0.25) is 6.10 Å². The first-order valence-corrected chi connectivity index (χ1v) is 9.84. The minimum atomic E-state index is -0.922. The maximum atomic E-state index is 12.5. The maximum Gasteiger partial charge on any atom is 0.307 e. The van der Waals surface area contributed by atoms with E-state index in [4.69, 9.17) is 21.1 Å². The van der Waals surface area contributed by atoms with Gasteiger partial charge in [0.15, 0.2) is 0 Å². The maximum absolute atomic E-state index is 12.5. The summed E-state index contributed by atoms with van der Waals surface area (Å²) in [4.78, 5) is 24.7. The van der Waals surface area contributed by atoms with Gasteiger partial charge >= 0.3 is 5.97 Å². The Labute approximate surface area is 170 Å². The second-order valence-electron chi connectivity index (χ2n) is 6.93. The van der Waals surface area contributed by atoms with E-state index in [9.17, 15) is 9.59 Å². The molecule has 0 aromatic heterocycles. The molecule has 3 rings (SSSR count). The Hall–Kier alpha value is -2.53. The third kappa shape index (κ3) is 5.99. The molecule has 2 aromatic carbocycles. The molecule has 0 aliphatic heterocycles. The highest BCUT2D eigenvalue weighted by atomic mass is 35.5. The van der Waals surface area contributed by atoms with Crippen LogP contribution in [0.15, 0.2) is 48.5 Å². The Balaban J connectivity index is 1.49. The Morgan fingerprint density at radius 3 is 2.61 bits per heavy atom. The predicted molar refractivity (Wildman–Crippen MR) is 107 cm³/mol. The highest BCUT2D eigenvalue weighted by molar-refractivity contribution is 6.31. The van der Waals surface area contributed by atoms with Crippen molar-refractivity contribution in [2.45, 2.75) is 44.8 Å². The minimum absolute atomic E-state index is 0.173. The van der Waals surface area contributed by atoms with E-state index in [1.165, 1.54) is 0 Å². The number of esters is 1. The summed E-state index contributed by atoms with van der Waals surface area (Å²) in [6.45, 7) is 2.28. The first-order chi connectivity index (χ1) is 13.5. The smallest absolute Gasteiger partial charge is 0.307 e. The summed E-state index contributed by atoms with van der Waals surface area (Å²) in [7, 11) is 0. The van der Waals surface area contributed by atoms with Crippen LogP contribution in [0.5, 0.6) is 5.75 Å². The van der Waals surface area contributed by atoms with Crippen LogP contribution in [-0.4, -0.2) is 24.5 Å². The van der Waals surface area contributed by atoms with Gasteiger partial charge in [-0.1, -0.05) is 41.9 Å². The molecule has 0 saturated heterocycles. The van der Waals surface area contributed by atoms with Gasteiger partial charge in [-0.2, -0.15) is 0 Å². The lowest BCUT2D eigenvalue weighted by molar-refractivity contribution is -0.156. The lowest BCUT2D eigenvalue weighted by atomic mass is 10.1. The van der Waals surface area contributed by atoms with Crippen molar-refractivity contribution in [1.29, 1.82) is 0 Å². The number of rotatable bonds is 9. The summed E-state index contributed by atoms with van der Waals surface area (Å²) in [6, 6.07) is 14.7. The number of carbonyl (C=O) groups is 2. The molecule has 0 bridgehead atoms. The van der Waals surface area contributed by atoms with Crippen LogP contribution < -0.4 is 10.1 Å². The number of aryl methyl sites for hydroxylation is 1. The molecule has 148 valence electrons. The van der Waals surface area contributed by atoms with Crippen molar-refractivity contribution in [1.82, 2.24) is 5.32 Å². The van der Waals surface area contributed by atoms with Crippen LogP contribution >= 0.6 is 11.6 Å². The van der Waals surface area contributed by atoms with Crippen molar-refractivity contribution >= 4 is 23.5 Å². The van der Waals surface area contributed by atoms with E-state index in [1.807, 2.05) is 31.2 Å². The molecular formula is C22H24ClNO4. The molecule has 1 amide bonds. The lowest BCUT2D eigenvalue weighted by Crippen LogP contribution is -2.33. The number of ether oxygens (including phenoxy) is 2. The van der Waals surface area contributed by atoms with Gasteiger partial charge in [-0.3, -0.25) is 9.59 Å². The van der Waals surface area contributed by atoms with Gasteiger partial charge < -0.3 is 14.8 Å². The van der Waals surface area contributed by atoms with E-state index < -0.39 is 12.1 Å². The number of amides is 1. The third-order valence-electron chi connectivity index (χ3n) is 4.44. The molecule has 1 aliphatic rings. The van der Waals surface area contributed by atoms with Crippen molar-refractivity contribution in [3.05, 3.63) is 64.7 Å². The molecule has 0 spiro atoms. The van der Waals surface area contributed by atoms with E-state index in [0.29, 0.717) is 29.4 Å². The topological polar surface area (TPSA) is 64.6 Å². The molecular weight excluding hydrogens is 378 g/mol. The Morgan fingerprint density at radius 1 is 1.18 bits per heavy atom. The van der Waals surface area contributed by atoms with Crippen LogP contribution in [0, 0.1) is 6.92 Å². The predicted octanol–water partition coefficient (Wildman–Crippen LogP) is 4.37. The Kier molecular flexibility index (Phi) is 6.93. The third-order valence-corrected chi connectivity index (χ3v) is 4.86. The van der Waals surface area contributed by atoms with Gasteiger partial charge in [-0.15, -0.1) is 0 Å². The van der Waals surface area contributed by atoms with Gasteiger partial charge in [0.25, 0.3) is 5.91 Å². The fourth-order valence-electron chi connectivity index (χ4n) is 2.71. The summed E-state index contributed by atoms with van der Waals surface area (Å²) in [5.41, 5.74) is 1.60. The van der Waals surface area contributed by atoms with Crippen molar-refractivity contribution in [3.63, 3.8) is 0 Å². The summed E-state index contributed by atoms with van der Waals surface area (Å²) >= 11 is 5.99. The molecule has 1 atom stereocenters. The van der Waals surface area contributed by atoms with Crippen LogP contribution in [0.25, 0.3) is 0 Å². The quantitative estimate of drug-likeness (QED) is 0.500. The van der Waals surface area contributed by atoms with Gasteiger partial charge in [-0.25, -0.2) is 0 Å². The molecule has 0 radical (unpaired) electrons. The molecule has 0 unspecified atom stereocenters. The van der Waals surface area contributed by atoms with Crippen LogP contribution in [0.1, 0.15) is 42.9 Å². The summed E-state index contributed by atoms with van der Waals surface area (Å²) in [6.07, 6.45) is 1.69. The average Bonchev–Trinajstić information content (AvgIpc) is 3.50. The highest BCUT2D eigenvalue weighted by Gasteiger charge is 2.30. The van der Waals surface area contributed by atoms with E-state index in [0.717, 1.165) is 18.4 Å². The number of nitrogens with one attached hydrogen (secondary N) is 1. The van der Waals surface area contributed by atoms with E-state index in [1.54, 1.807) is 24.3 Å². The zero-order chi connectivity index (χ0) is 19.9. The molecule has 2 aromatic rings. The van der Waals surface area contributed by atoms with Gasteiger partial charge in [0, 0.05) is 23.0 Å². The fourth-order valence-corrected chi connectivity index (χ4v) is 2.83. The average molecular weight is 402 g/mol. The number of halogens is 1. The number of benzene rings is 2. The zero-order valence-electron chi connectivity index (χ0n) is 15.8. The molecule has 5 nitrogen and oxygen atoms in total. The lowest BCUT2D eigenvalue weighted by Gasteiger charge is -2.18. The van der Waals surface area contributed by atoms with Crippen molar-refractivity contribution < 1.29 is 19.1 Å². The number of hydrogen-bond acceptors (Lipinski definition) is 4. The van der Waals surface area contributed by atoms with Crippen LogP contribution in [0.4, 0.5) is 0 Å². The van der Waals surface area contributed by atoms with Crippen LogP contribution in [0.3, 0.4) is 0 Å². The molecule has 1 N–H and O–H groups in total. The number of hydrogen-bond donors (Lipinski definition) is 1. The monoisotopic (exact) mass is 401 g/mol. The summed E-state index contributed by atoms with van der Waals surface area (Å²) in [5, 5.41) is 3.59. The Morgan fingerprint density at radius 2 is 1.93 bits per heavy atom. The summed E-state index contributed by atoms with van der Waals surface area (Å²) in [5.74, 6) is 0.0202. The molecule has 6 heteroatoms. The first-order valence-electron chi connectivity index (χ1n) is 9.46. The van der Waals surface area contributed by atoms with Crippen molar-refractivity contribution in [3.8, 4) is 5.75 Å². The van der Waals surface area contributed by atoms with Crippen molar-refractivity contribution in [2.75, 3.05) is 6.61 Å². The fraction of sp³-hybridized carbons (Fsp3) is 0.364. The first kappa shape index (κ1) is 20.2. The van der Waals surface area contributed by atoms with Crippen LogP contribution in [0.2, 0.25) is 5.02 Å². The zero-order valence-corrected chi connectivity index (χ0v) is 16.6. The number of carbonyl (C=O) groups excluding carboxylic acids is 2. The second-order valence-corrected chi connectivity index (χ2v) is 7.33. The SMILES string of the molecule is Cc1cc(OCCCC(=O)O[C@@H](C(=O)NC2CC2)c2ccccc2)ccc1Cl. The largest absolute Gasteiger partial charge is 0.494 e. The highest BCUT2D eigenvalue weighted by Crippen LogP contribution is 2.24. The van der Waals surface area contributed by atoms with E-state index in [-0.39, 0.29) is 18.4 Å². The van der Waals surface area contributed by atoms with Crippen LogP contribution in [-0.2, 0) is 14.3 Å². The molecule has 1 aliphatic carbocycles. The molecule has 1 saturated carbocycles. The second kappa shape index (κ2) is 9.60. The normalized spacial score (nSPS) is 14.2. The van der Waals surface area contributed by atoms with Gasteiger partial charge in [0.1, 0.15) is 5.75 Å². The summed E-state index contributed by atoms with van der Waals surface area (Å²) < 4.78 is 11.1. The van der Waals surface area contributed by atoms with Gasteiger partial charge in [-0.05, 0) is 49.9 Å². The minimum Gasteiger partial charge on any atom is -0.494 e. The van der Waals surface area contributed by atoms with Gasteiger partial charge in [0.05, 0.1) is 6.61 Å². The molecule has 1 fully saturated rings. The molecule has 0 heterocycles.